The summed E-state index contributed by atoms with van der Waals surface area (Å²) < 4.78 is 6.01. The van der Waals surface area contributed by atoms with Crippen molar-refractivity contribution in [2.24, 2.45) is 0 Å². The van der Waals surface area contributed by atoms with Crippen LogP contribution in [0.3, 0.4) is 0 Å². The van der Waals surface area contributed by atoms with Crippen LogP contribution in [0.15, 0.2) is 60.2 Å². The molecular formula is C26H22Cl2N2O2. The summed E-state index contributed by atoms with van der Waals surface area (Å²) in [4.78, 5) is 12.6. The van der Waals surface area contributed by atoms with Crippen molar-refractivity contribution in [3.8, 4) is 11.8 Å². The van der Waals surface area contributed by atoms with Crippen LogP contribution in [-0.2, 0) is 11.4 Å². The topological polar surface area (TPSA) is 62.1 Å². The number of nitrogens with zero attached hydrogens (tertiary/aromatic N) is 1. The Morgan fingerprint density at radius 3 is 2.31 bits per heavy atom. The third-order valence-electron chi connectivity index (χ3n) is 4.92. The summed E-state index contributed by atoms with van der Waals surface area (Å²) in [5.41, 5.74) is 5.07. The fraction of sp³-hybridized carbons (Fsp3) is 0.154. The number of nitrogens with one attached hydrogen (secondary N) is 1. The first kappa shape index (κ1) is 23.4. The lowest BCUT2D eigenvalue weighted by Crippen LogP contribution is -2.14. The summed E-state index contributed by atoms with van der Waals surface area (Å²) >= 11 is 12.0. The number of carbonyl (C=O) groups is 1. The van der Waals surface area contributed by atoms with Gasteiger partial charge in [0.25, 0.3) is 5.91 Å². The second kappa shape index (κ2) is 10.4. The first-order valence-corrected chi connectivity index (χ1v) is 10.7. The minimum atomic E-state index is -0.447. The van der Waals surface area contributed by atoms with E-state index in [1.54, 1.807) is 24.3 Å². The lowest BCUT2D eigenvalue weighted by atomic mass is 10.0. The predicted molar refractivity (Wildman–Crippen MR) is 130 cm³/mol. The van der Waals surface area contributed by atoms with Crippen LogP contribution in [0, 0.1) is 32.1 Å². The van der Waals surface area contributed by atoms with Crippen molar-refractivity contribution in [1.82, 2.24) is 0 Å². The van der Waals surface area contributed by atoms with Crippen molar-refractivity contribution in [1.29, 1.82) is 5.26 Å². The van der Waals surface area contributed by atoms with Gasteiger partial charge in [-0.2, -0.15) is 5.26 Å². The molecule has 1 amide bonds. The highest BCUT2D eigenvalue weighted by atomic mass is 35.5. The van der Waals surface area contributed by atoms with Gasteiger partial charge in [0.05, 0.1) is 10.0 Å². The van der Waals surface area contributed by atoms with E-state index in [2.05, 4.69) is 5.32 Å². The molecule has 0 unspecified atom stereocenters. The second-order valence-electron chi connectivity index (χ2n) is 7.46. The van der Waals surface area contributed by atoms with Crippen LogP contribution in [0.2, 0.25) is 10.0 Å². The van der Waals surface area contributed by atoms with Crippen LogP contribution in [-0.4, -0.2) is 5.91 Å². The van der Waals surface area contributed by atoms with Crippen LogP contribution < -0.4 is 10.1 Å². The zero-order chi connectivity index (χ0) is 23.3. The van der Waals surface area contributed by atoms with Crippen LogP contribution in [0.1, 0.15) is 27.8 Å². The lowest BCUT2D eigenvalue weighted by molar-refractivity contribution is -0.112. The number of nitriles is 1. The average Bonchev–Trinajstić information content (AvgIpc) is 2.75. The highest BCUT2D eigenvalue weighted by Gasteiger charge is 2.12. The van der Waals surface area contributed by atoms with Gasteiger partial charge in [0, 0.05) is 5.69 Å². The van der Waals surface area contributed by atoms with Crippen LogP contribution in [0.5, 0.6) is 5.75 Å². The molecule has 0 atom stereocenters. The summed E-state index contributed by atoms with van der Waals surface area (Å²) in [6.07, 6.45) is 1.58. The van der Waals surface area contributed by atoms with Gasteiger partial charge in [0.1, 0.15) is 24.0 Å². The van der Waals surface area contributed by atoms with E-state index in [0.717, 1.165) is 33.6 Å². The molecule has 0 saturated carbocycles. The number of anilines is 1. The van der Waals surface area contributed by atoms with Crippen molar-refractivity contribution in [3.05, 3.63) is 98.0 Å². The summed E-state index contributed by atoms with van der Waals surface area (Å²) in [6, 6.07) is 18.6. The Hall–Kier alpha value is -3.26. The molecule has 6 heteroatoms. The number of halogens is 2. The minimum Gasteiger partial charge on any atom is -0.488 e. The quantitative estimate of drug-likeness (QED) is 0.314. The van der Waals surface area contributed by atoms with Gasteiger partial charge in [-0.15, -0.1) is 0 Å². The molecule has 0 fully saturated rings. The van der Waals surface area contributed by atoms with E-state index in [1.807, 2.05) is 63.2 Å². The van der Waals surface area contributed by atoms with Gasteiger partial charge in [-0.3, -0.25) is 4.79 Å². The SMILES string of the molecule is Cc1ccccc1NC(=O)/C(C#N)=C/c1cc(C)c(OCc2ccc(Cl)c(Cl)c2)c(C)c1. The molecule has 4 nitrogen and oxygen atoms in total. The number of hydrogen-bond donors (Lipinski definition) is 1. The number of para-hydroxylation sites is 1. The summed E-state index contributed by atoms with van der Waals surface area (Å²) in [5.74, 6) is 0.299. The number of benzene rings is 3. The second-order valence-corrected chi connectivity index (χ2v) is 8.27. The van der Waals surface area contributed by atoms with E-state index < -0.39 is 5.91 Å². The highest BCUT2D eigenvalue weighted by Crippen LogP contribution is 2.28. The number of amides is 1. The summed E-state index contributed by atoms with van der Waals surface area (Å²) in [6.45, 7) is 6.09. The molecule has 0 radical (unpaired) electrons. The fourth-order valence-electron chi connectivity index (χ4n) is 3.30. The van der Waals surface area contributed by atoms with Crippen molar-refractivity contribution in [3.63, 3.8) is 0 Å². The maximum Gasteiger partial charge on any atom is 0.266 e. The van der Waals surface area contributed by atoms with E-state index in [0.29, 0.717) is 22.3 Å². The van der Waals surface area contributed by atoms with Gasteiger partial charge >= 0.3 is 0 Å². The molecule has 0 aromatic heterocycles. The van der Waals surface area contributed by atoms with Crippen molar-refractivity contribution >= 4 is 40.9 Å². The summed E-state index contributed by atoms with van der Waals surface area (Å²) in [5, 5.41) is 13.3. The van der Waals surface area contributed by atoms with E-state index in [1.165, 1.54) is 0 Å². The molecule has 0 aliphatic heterocycles. The Kier molecular flexibility index (Phi) is 7.58. The Morgan fingerprint density at radius 1 is 1.00 bits per heavy atom. The van der Waals surface area contributed by atoms with Crippen molar-refractivity contribution in [2.75, 3.05) is 5.32 Å². The number of hydrogen-bond acceptors (Lipinski definition) is 3. The Labute approximate surface area is 198 Å². The molecular weight excluding hydrogens is 443 g/mol. The number of ether oxygens (including phenoxy) is 1. The van der Waals surface area contributed by atoms with Gasteiger partial charge in [-0.1, -0.05) is 47.5 Å². The normalized spacial score (nSPS) is 11.1. The van der Waals surface area contributed by atoms with E-state index in [9.17, 15) is 10.1 Å². The van der Waals surface area contributed by atoms with E-state index in [4.69, 9.17) is 27.9 Å². The Bertz CT molecular complexity index is 1220. The number of rotatable bonds is 6. The maximum absolute atomic E-state index is 12.6. The molecule has 32 heavy (non-hydrogen) atoms. The van der Waals surface area contributed by atoms with Crippen LogP contribution >= 0.6 is 23.2 Å². The van der Waals surface area contributed by atoms with E-state index >= 15 is 0 Å². The largest absolute Gasteiger partial charge is 0.488 e. The Morgan fingerprint density at radius 2 is 1.69 bits per heavy atom. The fourth-order valence-corrected chi connectivity index (χ4v) is 3.62. The number of carbonyl (C=O) groups excluding carboxylic acids is 1. The van der Waals surface area contributed by atoms with Gasteiger partial charge in [-0.05, 0) is 85.0 Å². The number of aryl methyl sites for hydroxylation is 3. The molecule has 0 aliphatic rings. The zero-order valence-electron chi connectivity index (χ0n) is 18.0. The first-order valence-electron chi connectivity index (χ1n) is 9.95. The highest BCUT2D eigenvalue weighted by molar-refractivity contribution is 6.42. The molecule has 3 aromatic carbocycles. The van der Waals surface area contributed by atoms with Gasteiger partial charge in [-0.25, -0.2) is 0 Å². The molecule has 1 N–H and O–H groups in total. The minimum absolute atomic E-state index is 0.0246. The van der Waals surface area contributed by atoms with Crippen molar-refractivity contribution in [2.45, 2.75) is 27.4 Å². The van der Waals surface area contributed by atoms with Crippen LogP contribution in [0.4, 0.5) is 5.69 Å². The summed E-state index contributed by atoms with van der Waals surface area (Å²) in [7, 11) is 0. The monoisotopic (exact) mass is 464 g/mol. The predicted octanol–water partition coefficient (Wildman–Crippen LogP) is 7.04. The maximum atomic E-state index is 12.6. The molecule has 3 aromatic rings. The average molecular weight is 465 g/mol. The van der Waals surface area contributed by atoms with Gasteiger partial charge < -0.3 is 10.1 Å². The Balaban J connectivity index is 1.78. The van der Waals surface area contributed by atoms with Gasteiger partial charge in [0.15, 0.2) is 0 Å². The first-order chi connectivity index (χ1) is 15.3. The molecule has 162 valence electrons. The molecule has 0 bridgehead atoms. The van der Waals surface area contributed by atoms with E-state index in [-0.39, 0.29) is 5.57 Å². The van der Waals surface area contributed by atoms with Crippen LogP contribution in [0.25, 0.3) is 6.08 Å². The van der Waals surface area contributed by atoms with Crippen molar-refractivity contribution < 1.29 is 9.53 Å². The third-order valence-corrected chi connectivity index (χ3v) is 5.66. The third kappa shape index (κ3) is 5.70. The molecule has 0 aliphatic carbocycles. The standard InChI is InChI=1S/C26H22Cl2N2O2/c1-16-6-4-5-7-24(16)30-26(31)21(14-29)12-20-10-17(2)25(18(3)11-20)32-15-19-8-9-22(27)23(28)13-19/h4-13H,15H2,1-3H3,(H,30,31)/b21-12+. The zero-order valence-corrected chi connectivity index (χ0v) is 19.5. The van der Waals surface area contributed by atoms with Gasteiger partial charge in [0.2, 0.25) is 0 Å². The molecule has 0 spiro atoms. The smallest absolute Gasteiger partial charge is 0.266 e. The molecule has 3 rings (SSSR count). The molecule has 0 saturated heterocycles. The molecule has 0 heterocycles. The lowest BCUT2D eigenvalue weighted by Gasteiger charge is -2.14.